The standard InChI is InChI=1S/C20H19BrFN7/c21-16-3-1-2-15-17(16)26-20(25-14-10-23-8-9-24-11-14)29-19(15)27-18(28-29)12-4-6-13(22)7-5-12/h1-7,14,23-24H,8-11H2,(H,25,26). The first-order chi connectivity index (χ1) is 14.2. The highest BCUT2D eigenvalue weighted by atomic mass is 79.9. The third-order valence-electron chi connectivity index (χ3n) is 4.95. The fourth-order valence-electron chi connectivity index (χ4n) is 3.50. The molecule has 5 rings (SSSR count). The molecule has 0 unspecified atom stereocenters. The van der Waals surface area contributed by atoms with Crippen LogP contribution >= 0.6 is 15.9 Å². The Bertz CT molecular complexity index is 1170. The molecule has 0 aliphatic carbocycles. The topological polar surface area (TPSA) is 79.2 Å². The van der Waals surface area contributed by atoms with E-state index in [4.69, 9.17) is 9.97 Å². The molecule has 4 aromatic rings. The largest absolute Gasteiger partial charge is 0.349 e. The summed E-state index contributed by atoms with van der Waals surface area (Å²) in [5.74, 6) is 0.861. The van der Waals surface area contributed by atoms with E-state index in [1.54, 1.807) is 16.6 Å². The van der Waals surface area contributed by atoms with Crippen LogP contribution in [0.5, 0.6) is 0 Å². The van der Waals surface area contributed by atoms with Crippen molar-refractivity contribution >= 4 is 38.4 Å². The van der Waals surface area contributed by atoms with E-state index in [0.29, 0.717) is 17.4 Å². The van der Waals surface area contributed by atoms with E-state index in [2.05, 4.69) is 37.0 Å². The van der Waals surface area contributed by atoms with Gasteiger partial charge in [0.05, 0.1) is 11.6 Å². The molecule has 0 amide bonds. The van der Waals surface area contributed by atoms with E-state index < -0.39 is 0 Å². The zero-order valence-electron chi connectivity index (χ0n) is 15.5. The lowest BCUT2D eigenvalue weighted by Crippen LogP contribution is -2.37. The van der Waals surface area contributed by atoms with Crippen LogP contribution in [0.15, 0.2) is 46.9 Å². The summed E-state index contributed by atoms with van der Waals surface area (Å²) in [5, 5.41) is 15.9. The van der Waals surface area contributed by atoms with E-state index in [-0.39, 0.29) is 11.9 Å². The number of hydrogen-bond acceptors (Lipinski definition) is 6. The van der Waals surface area contributed by atoms with Crippen molar-refractivity contribution in [1.82, 2.24) is 30.2 Å². The molecule has 0 radical (unpaired) electrons. The summed E-state index contributed by atoms with van der Waals surface area (Å²) in [6.45, 7) is 3.51. The zero-order valence-corrected chi connectivity index (χ0v) is 17.1. The van der Waals surface area contributed by atoms with Crippen molar-refractivity contribution in [2.75, 3.05) is 31.5 Å². The highest BCUT2D eigenvalue weighted by Crippen LogP contribution is 2.28. The van der Waals surface area contributed by atoms with E-state index >= 15 is 0 Å². The molecule has 29 heavy (non-hydrogen) atoms. The smallest absolute Gasteiger partial charge is 0.226 e. The molecular weight excluding hydrogens is 437 g/mol. The molecule has 1 aliphatic heterocycles. The number of aromatic nitrogens is 4. The Morgan fingerprint density at radius 1 is 1.03 bits per heavy atom. The van der Waals surface area contributed by atoms with Gasteiger partial charge in [-0.1, -0.05) is 6.07 Å². The summed E-state index contributed by atoms with van der Waals surface area (Å²) in [5.41, 5.74) is 2.27. The molecule has 3 N–H and O–H groups in total. The summed E-state index contributed by atoms with van der Waals surface area (Å²) in [7, 11) is 0. The van der Waals surface area contributed by atoms with Crippen molar-refractivity contribution in [3.8, 4) is 11.4 Å². The second-order valence-corrected chi connectivity index (χ2v) is 7.85. The summed E-state index contributed by atoms with van der Waals surface area (Å²) in [6.07, 6.45) is 0. The van der Waals surface area contributed by atoms with Gasteiger partial charge in [0.25, 0.3) is 0 Å². The van der Waals surface area contributed by atoms with E-state index in [0.717, 1.165) is 47.1 Å². The van der Waals surface area contributed by atoms with Gasteiger partial charge >= 0.3 is 0 Å². The van der Waals surface area contributed by atoms with Crippen molar-refractivity contribution in [3.05, 3.63) is 52.8 Å². The van der Waals surface area contributed by atoms with Crippen molar-refractivity contribution < 1.29 is 4.39 Å². The Labute approximate surface area is 174 Å². The van der Waals surface area contributed by atoms with Gasteiger partial charge in [-0.3, -0.25) is 0 Å². The first kappa shape index (κ1) is 18.4. The number of benzene rings is 2. The van der Waals surface area contributed by atoms with Gasteiger partial charge < -0.3 is 16.0 Å². The average molecular weight is 456 g/mol. The van der Waals surface area contributed by atoms with E-state index in [9.17, 15) is 4.39 Å². The van der Waals surface area contributed by atoms with Crippen LogP contribution in [0.25, 0.3) is 27.9 Å². The van der Waals surface area contributed by atoms with Crippen LogP contribution in [0.2, 0.25) is 0 Å². The van der Waals surface area contributed by atoms with Crippen LogP contribution in [0, 0.1) is 5.82 Å². The fourth-order valence-corrected chi connectivity index (χ4v) is 3.95. The Morgan fingerprint density at radius 3 is 2.55 bits per heavy atom. The number of para-hydroxylation sites is 1. The first-order valence-corrected chi connectivity index (χ1v) is 10.3. The predicted octanol–water partition coefficient (Wildman–Crippen LogP) is 2.82. The maximum Gasteiger partial charge on any atom is 0.226 e. The molecule has 1 fully saturated rings. The van der Waals surface area contributed by atoms with Gasteiger partial charge in [-0.25, -0.2) is 14.4 Å². The third-order valence-corrected chi connectivity index (χ3v) is 5.59. The quantitative estimate of drug-likeness (QED) is 0.440. The van der Waals surface area contributed by atoms with Gasteiger partial charge in [0.15, 0.2) is 11.5 Å². The molecule has 7 nitrogen and oxygen atoms in total. The molecule has 3 heterocycles. The molecule has 0 saturated carbocycles. The number of halogens is 2. The molecule has 2 aromatic carbocycles. The Kier molecular flexibility index (Phi) is 4.86. The fraction of sp³-hybridized carbons (Fsp3) is 0.250. The molecule has 148 valence electrons. The molecule has 9 heteroatoms. The lowest BCUT2D eigenvalue weighted by atomic mass is 10.2. The SMILES string of the molecule is Fc1ccc(-c2nc3c4cccc(Br)c4nc(NC4CNCCNC4)n3n2)cc1. The van der Waals surface area contributed by atoms with Gasteiger partial charge in [-0.2, -0.15) is 4.52 Å². The minimum atomic E-state index is -0.288. The maximum atomic E-state index is 13.3. The van der Waals surface area contributed by atoms with Crippen molar-refractivity contribution in [3.63, 3.8) is 0 Å². The number of anilines is 1. The zero-order chi connectivity index (χ0) is 19.8. The second kappa shape index (κ2) is 7.66. The van der Waals surface area contributed by atoms with Gasteiger partial charge in [-0.15, -0.1) is 5.10 Å². The van der Waals surface area contributed by atoms with Crippen LogP contribution in [0.3, 0.4) is 0 Å². The van der Waals surface area contributed by atoms with E-state index in [1.165, 1.54) is 12.1 Å². The van der Waals surface area contributed by atoms with Gasteiger partial charge in [0.1, 0.15) is 5.82 Å². The molecule has 0 atom stereocenters. The number of nitrogens with zero attached hydrogens (tertiary/aromatic N) is 4. The van der Waals surface area contributed by atoms with Gasteiger partial charge in [0.2, 0.25) is 5.95 Å². The van der Waals surface area contributed by atoms with Crippen LogP contribution < -0.4 is 16.0 Å². The number of nitrogens with one attached hydrogen (secondary N) is 3. The van der Waals surface area contributed by atoms with Crippen LogP contribution in [-0.4, -0.2) is 51.8 Å². The van der Waals surface area contributed by atoms with Crippen molar-refractivity contribution in [1.29, 1.82) is 0 Å². The Balaban J connectivity index is 1.67. The normalized spacial score (nSPS) is 15.7. The molecule has 1 saturated heterocycles. The van der Waals surface area contributed by atoms with Crippen LogP contribution in [0.1, 0.15) is 0 Å². The van der Waals surface area contributed by atoms with E-state index in [1.807, 2.05) is 18.2 Å². The number of hydrogen-bond donors (Lipinski definition) is 3. The highest BCUT2D eigenvalue weighted by molar-refractivity contribution is 9.10. The predicted molar refractivity (Wildman–Crippen MR) is 115 cm³/mol. The lowest BCUT2D eigenvalue weighted by molar-refractivity contribution is 0.628. The molecule has 1 aliphatic rings. The van der Waals surface area contributed by atoms with Crippen molar-refractivity contribution in [2.45, 2.75) is 6.04 Å². The molecule has 2 aromatic heterocycles. The third kappa shape index (κ3) is 3.57. The minimum Gasteiger partial charge on any atom is -0.349 e. The lowest BCUT2D eigenvalue weighted by Gasteiger charge is -2.18. The summed E-state index contributed by atoms with van der Waals surface area (Å²) < 4.78 is 16.0. The second-order valence-electron chi connectivity index (χ2n) is 7.00. The minimum absolute atomic E-state index is 0.159. The van der Waals surface area contributed by atoms with Crippen LogP contribution in [-0.2, 0) is 0 Å². The molecular formula is C20H19BrFN7. The number of rotatable bonds is 3. The van der Waals surface area contributed by atoms with Crippen molar-refractivity contribution in [2.24, 2.45) is 0 Å². The molecule has 0 bridgehead atoms. The van der Waals surface area contributed by atoms with Gasteiger partial charge in [-0.05, 0) is 52.3 Å². The highest BCUT2D eigenvalue weighted by Gasteiger charge is 2.19. The molecule has 0 spiro atoms. The summed E-state index contributed by atoms with van der Waals surface area (Å²) >= 11 is 3.60. The maximum absolute atomic E-state index is 13.3. The van der Waals surface area contributed by atoms with Gasteiger partial charge in [0, 0.05) is 41.6 Å². The summed E-state index contributed by atoms with van der Waals surface area (Å²) in [4.78, 5) is 9.59. The van der Waals surface area contributed by atoms with Crippen LogP contribution in [0.4, 0.5) is 10.3 Å². The Morgan fingerprint density at radius 2 is 1.79 bits per heavy atom. The Hall–Kier alpha value is -2.62. The first-order valence-electron chi connectivity index (χ1n) is 9.48. The monoisotopic (exact) mass is 455 g/mol. The summed E-state index contributed by atoms with van der Waals surface area (Å²) in [6, 6.07) is 12.2. The average Bonchev–Trinajstić information content (AvgIpc) is 3.02. The number of fused-ring (bicyclic) bond motifs is 3.